The van der Waals surface area contributed by atoms with Gasteiger partial charge in [0.25, 0.3) is 0 Å². The van der Waals surface area contributed by atoms with E-state index in [1.54, 1.807) is 6.07 Å². The molecule has 0 saturated heterocycles. The third kappa shape index (κ3) is 6.29. The highest BCUT2D eigenvalue weighted by atomic mass is 19.4. The molecule has 0 aliphatic carbocycles. The lowest BCUT2D eigenvalue weighted by Crippen LogP contribution is -2.23. The molecule has 3 aromatic carbocycles. The molecular weight excluding hydrogens is 487 g/mol. The predicted molar refractivity (Wildman–Crippen MR) is 110 cm³/mol. The first-order chi connectivity index (χ1) is 16.3. The van der Waals surface area contributed by atoms with E-state index in [9.17, 15) is 39.5 Å². The van der Waals surface area contributed by atoms with E-state index in [0.29, 0.717) is 30.0 Å². The molecule has 0 heterocycles. The number of hydrogen-bond acceptors (Lipinski definition) is 1. The summed E-state index contributed by atoms with van der Waals surface area (Å²) >= 11 is 0. The monoisotopic (exact) mass is 502 g/mol. The Morgan fingerprint density at radius 3 is 1.97 bits per heavy atom. The molecule has 0 spiro atoms. The first-order valence-corrected chi connectivity index (χ1v) is 10.1. The summed E-state index contributed by atoms with van der Waals surface area (Å²) in [4.78, 5) is 0. The van der Waals surface area contributed by atoms with Crippen molar-refractivity contribution in [2.45, 2.75) is 32.1 Å². The van der Waals surface area contributed by atoms with Crippen molar-refractivity contribution in [1.82, 2.24) is 0 Å². The Labute approximate surface area is 194 Å². The van der Waals surface area contributed by atoms with Gasteiger partial charge in [-0.05, 0) is 35.7 Å². The van der Waals surface area contributed by atoms with Crippen LogP contribution in [-0.4, -0.2) is 6.18 Å². The summed E-state index contributed by atoms with van der Waals surface area (Å²) < 4.78 is 127. The summed E-state index contributed by atoms with van der Waals surface area (Å²) in [7, 11) is 0. The second-order valence-corrected chi connectivity index (χ2v) is 7.39. The molecule has 0 atom stereocenters. The van der Waals surface area contributed by atoms with E-state index in [4.69, 9.17) is 0 Å². The summed E-state index contributed by atoms with van der Waals surface area (Å²) in [6, 6.07) is 6.95. The molecular formula is C25H15F9O. The zero-order chi connectivity index (χ0) is 26.0. The van der Waals surface area contributed by atoms with Gasteiger partial charge < -0.3 is 4.74 Å². The molecule has 0 bridgehead atoms. The summed E-state index contributed by atoms with van der Waals surface area (Å²) in [6.45, 7) is 1.90. The fourth-order valence-electron chi connectivity index (χ4n) is 3.22. The quantitative estimate of drug-likeness (QED) is 0.246. The maximum Gasteiger partial charge on any atom is 0.458 e. The van der Waals surface area contributed by atoms with Crippen LogP contribution in [0.3, 0.4) is 0 Å². The molecule has 35 heavy (non-hydrogen) atoms. The molecule has 3 rings (SSSR count). The van der Waals surface area contributed by atoms with Crippen LogP contribution in [0.4, 0.5) is 39.5 Å². The average molecular weight is 502 g/mol. The highest BCUT2D eigenvalue weighted by Crippen LogP contribution is 2.36. The van der Waals surface area contributed by atoms with Crippen LogP contribution in [0.5, 0.6) is 5.75 Å². The lowest BCUT2D eigenvalue weighted by Gasteiger charge is -2.19. The number of benzene rings is 3. The van der Waals surface area contributed by atoms with Crippen molar-refractivity contribution in [3.8, 4) is 28.7 Å². The van der Waals surface area contributed by atoms with Crippen LogP contribution in [0.2, 0.25) is 0 Å². The molecule has 3 aromatic rings. The van der Waals surface area contributed by atoms with Gasteiger partial charge in [0.1, 0.15) is 29.0 Å². The fourth-order valence-corrected chi connectivity index (χ4v) is 3.22. The SMILES string of the molecule is CCCc1ccc(-c2ccc(C(F)(F)Oc3cc(F)c(C#CC(F)(F)F)c(F)c3)c(F)c2)c(F)c1. The molecule has 184 valence electrons. The highest BCUT2D eigenvalue weighted by Gasteiger charge is 2.38. The van der Waals surface area contributed by atoms with Gasteiger partial charge in [0.2, 0.25) is 0 Å². The predicted octanol–water partition coefficient (Wildman–Crippen LogP) is 7.90. The van der Waals surface area contributed by atoms with E-state index in [1.165, 1.54) is 18.1 Å². The van der Waals surface area contributed by atoms with Crippen molar-refractivity contribution in [2.24, 2.45) is 0 Å². The first kappa shape index (κ1) is 26.0. The Morgan fingerprint density at radius 1 is 0.771 bits per heavy atom. The van der Waals surface area contributed by atoms with Crippen LogP contribution in [0, 0.1) is 35.1 Å². The molecule has 0 N–H and O–H groups in total. The van der Waals surface area contributed by atoms with Crippen molar-refractivity contribution in [3.05, 3.63) is 88.5 Å². The lowest BCUT2D eigenvalue weighted by atomic mass is 10.00. The van der Waals surface area contributed by atoms with E-state index >= 15 is 0 Å². The van der Waals surface area contributed by atoms with E-state index < -0.39 is 52.4 Å². The van der Waals surface area contributed by atoms with Crippen molar-refractivity contribution in [1.29, 1.82) is 0 Å². The molecule has 0 saturated carbocycles. The summed E-state index contributed by atoms with van der Waals surface area (Å²) in [5, 5.41) is 0. The third-order valence-corrected chi connectivity index (χ3v) is 4.76. The van der Waals surface area contributed by atoms with E-state index in [1.807, 2.05) is 6.92 Å². The van der Waals surface area contributed by atoms with Crippen LogP contribution < -0.4 is 4.74 Å². The van der Waals surface area contributed by atoms with Crippen molar-refractivity contribution in [2.75, 3.05) is 0 Å². The minimum Gasteiger partial charge on any atom is -0.429 e. The molecule has 0 aromatic heterocycles. The molecule has 0 fully saturated rings. The molecule has 10 heteroatoms. The van der Waals surface area contributed by atoms with Crippen LogP contribution >= 0.6 is 0 Å². The van der Waals surface area contributed by atoms with Gasteiger partial charge in [0, 0.05) is 23.6 Å². The van der Waals surface area contributed by atoms with Gasteiger partial charge in [-0.15, -0.1) is 0 Å². The largest absolute Gasteiger partial charge is 0.458 e. The Morgan fingerprint density at radius 2 is 1.43 bits per heavy atom. The molecule has 0 radical (unpaired) electrons. The Kier molecular flexibility index (Phi) is 7.38. The topological polar surface area (TPSA) is 9.23 Å². The maximum absolute atomic E-state index is 14.6. The molecule has 0 aliphatic rings. The smallest absolute Gasteiger partial charge is 0.429 e. The standard InChI is InChI=1S/C25H15F9O/c1-2-3-14-4-6-17(20(26)10-14)15-5-7-19(23(29)11-15)25(33,34)35-16-12-21(27)18(22(28)13-16)8-9-24(30,31)32/h4-7,10-13H,2-3H2,1H3. The zero-order valence-corrected chi connectivity index (χ0v) is 17.8. The van der Waals surface area contributed by atoms with Gasteiger partial charge in [-0.3, -0.25) is 0 Å². The molecule has 0 amide bonds. The van der Waals surface area contributed by atoms with Gasteiger partial charge in [-0.1, -0.05) is 37.5 Å². The lowest BCUT2D eigenvalue weighted by molar-refractivity contribution is -0.187. The maximum atomic E-state index is 14.6. The number of hydrogen-bond donors (Lipinski definition) is 0. The molecule has 0 aliphatic heterocycles. The number of rotatable bonds is 6. The highest BCUT2D eigenvalue weighted by molar-refractivity contribution is 5.65. The Hall–Kier alpha value is -3.61. The number of alkyl halides is 5. The second-order valence-electron chi connectivity index (χ2n) is 7.39. The van der Waals surface area contributed by atoms with Crippen LogP contribution in [0.15, 0.2) is 48.5 Å². The van der Waals surface area contributed by atoms with E-state index in [0.717, 1.165) is 12.5 Å². The van der Waals surface area contributed by atoms with Crippen LogP contribution in [0.1, 0.15) is 30.0 Å². The van der Waals surface area contributed by atoms with Gasteiger partial charge >= 0.3 is 12.3 Å². The van der Waals surface area contributed by atoms with Crippen LogP contribution in [0.25, 0.3) is 11.1 Å². The third-order valence-electron chi connectivity index (χ3n) is 4.76. The minimum absolute atomic E-state index is 0.0285. The second kappa shape index (κ2) is 9.94. The number of ether oxygens (including phenoxy) is 1. The van der Waals surface area contributed by atoms with E-state index in [-0.39, 0.29) is 23.3 Å². The van der Waals surface area contributed by atoms with Gasteiger partial charge in [0.15, 0.2) is 0 Å². The van der Waals surface area contributed by atoms with Crippen LogP contribution in [-0.2, 0) is 12.5 Å². The number of aryl methyl sites for hydroxylation is 1. The van der Waals surface area contributed by atoms with Crippen molar-refractivity contribution < 1.29 is 44.3 Å². The minimum atomic E-state index is -5.04. The Balaban J connectivity index is 1.88. The Bertz CT molecular complexity index is 1280. The molecule has 0 unspecified atom stereocenters. The number of halogens is 9. The fraction of sp³-hybridized carbons (Fsp3) is 0.200. The van der Waals surface area contributed by atoms with Crippen molar-refractivity contribution >= 4 is 0 Å². The van der Waals surface area contributed by atoms with Gasteiger partial charge in [-0.2, -0.15) is 22.0 Å². The van der Waals surface area contributed by atoms with Gasteiger partial charge in [0.05, 0.1) is 11.1 Å². The normalized spacial score (nSPS) is 11.7. The zero-order valence-electron chi connectivity index (χ0n) is 17.8. The summed E-state index contributed by atoms with van der Waals surface area (Å²) in [5.41, 5.74) is -1.97. The average Bonchev–Trinajstić information content (AvgIpc) is 2.72. The van der Waals surface area contributed by atoms with E-state index in [2.05, 4.69) is 4.74 Å². The van der Waals surface area contributed by atoms with Gasteiger partial charge in [-0.25, -0.2) is 17.6 Å². The van der Waals surface area contributed by atoms with Crippen molar-refractivity contribution in [3.63, 3.8) is 0 Å². The summed E-state index contributed by atoms with van der Waals surface area (Å²) in [6.07, 6.45) is -8.09. The first-order valence-electron chi connectivity index (χ1n) is 10.1. The summed E-state index contributed by atoms with van der Waals surface area (Å²) in [5.74, 6) is -4.78. The molecule has 1 nitrogen and oxygen atoms in total.